The van der Waals surface area contributed by atoms with Gasteiger partial charge in [0.15, 0.2) is 5.11 Å². The van der Waals surface area contributed by atoms with Gasteiger partial charge < -0.3 is 25.2 Å². The number of anilines is 1. The van der Waals surface area contributed by atoms with Crippen LogP contribution in [0.2, 0.25) is 0 Å². The Bertz CT molecular complexity index is 1080. The molecule has 0 aromatic heterocycles. The lowest BCUT2D eigenvalue weighted by atomic mass is 9.39. The molecule has 0 heterocycles. The summed E-state index contributed by atoms with van der Waals surface area (Å²) in [6, 6.07) is 7.88. The summed E-state index contributed by atoms with van der Waals surface area (Å²) in [4.78, 5) is 13.3. The number of hydrogen-bond donors (Lipinski definition) is 3. The topological polar surface area (TPSA) is 79.8 Å². The summed E-state index contributed by atoms with van der Waals surface area (Å²) in [6.45, 7) is 9.52. The third-order valence-corrected chi connectivity index (χ3v) is 11.8. The van der Waals surface area contributed by atoms with E-state index in [1.807, 2.05) is 31.2 Å². The number of ether oxygens (including phenoxy) is 2. The average Bonchev–Trinajstić information content (AvgIpc) is 3.05. The predicted octanol–water partition coefficient (Wildman–Crippen LogP) is 5.93. The van der Waals surface area contributed by atoms with E-state index in [1.54, 1.807) is 7.11 Å². The maximum Gasteiger partial charge on any atom is 0.312 e. The van der Waals surface area contributed by atoms with Crippen molar-refractivity contribution in [2.45, 2.75) is 85.1 Å². The minimum atomic E-state index is -0.420. The normalized spacial score (nSPS) is 41.4. The number of esters is 1. The van der Waals surface area contributed by atoms with Gasteiger partial charge in [-0.05, 0) is 111 Å². The van der Waals surface area contributed by atoms with E-state index in [1.165, 1.54) is 0 Å². The van der Waals surface area contributed by atoms with Crippen LogP contribution < -0.4 is 15.4 Å². The Balaban J connectivity index is 1.43. The summed E-state index contributed by atoms with van der Waals surface area (Å²) in [7, 11) is 1.66. The molecular formula is C31H46N2O4S. The summed E-state index contributed by atoms with van der Waals surface area (Å²) in [6.07, 6.45) is 8.55. The lowest BCUT2D eigenvalue weighted by Gasteiger charge is -2.65. The Hall–Kier alpha value is -1.86. The van der Waals surface area contributed by atoms with Crippen molar-refractivity contribution in [1.29, 1.82) is 0 Å². The molecule has 4 fully saturated rings. The van der Waals surface area contributed by atoms with E-state index in [-0.39, 0.29) is 40.8 Å². The highest BCUT2D eigenvalue weighted by Gasteiger charge is 2.71. The van der Waals surface area contributed by atoms with Gasteiger partial charge in [0.1, 0.15) is 5.75 Å². The maximum absolute atomic E-state index is 13.3. The van der Waals surface area contributed by atoms with Crippen molar-refractivity contribution in [2.24, 2.45) is 39.4 Å². The standard InChI is InChI=1S/C31H46N2O4S/c1-6-37-26(35)30(4)15-9-14-29(3)23(30)13-17-31-19-28(2,16-12-24(29)31)25(20(31)18-34)33-27(38)32-21-10-7-8-11-22(21)36-5/h7-8,10-11,20,23-25,34H,6,9,12-19H2,1-5H3,(H2,32,33,38)/t20-,23+,24+,25-,28+,29-,30-,31-/m1/s1. The van der Waals surface area contributed by atoms with Crippen LogP contribution in [0.3, 0.4) is 0 Å². The second-order valence-corrected chi connectivity index (χ2v) is 13.7. The van der Waals surface area contributed by atoms with Crippen molar-refractivity contribution in [1.82, 2.24) is 5.32 Å². The van der Waals surface area contributed by atoms with E-state index in [9.17, 15) is 9.90 Å². The number of rotatable bonds is 6. The van der Waals surface area contributed by atoms with Crippen LogP contribution in [-0.2, 0) is 9.53 Å². The molecule has 2 bridgehead atoms. The molecular weight excluding hydrogens is 496 g/mol. The first-order valence-electron chi connectivity index (χ1n) is 14.6. The van der Waals surface area contributed by atoms with E-state index >= 15 is 0 Å². The van der Waals surface area contributed by atoms with Crippen LogP contribution >= 0.6 is 12.2 Å². The average molecular weight is 543 g/mol. The number of benzene rings is 1. The molecule has 4 saturated carbocycles. The van der Waals surface area contributed by atoms with Gasteiger partial charge in [-0.15, -0.1) is 0 Å². The van der Waals surface area contributed by atoms with E-state index in [2.05, 4.69) is 31.4 Å². The van der Waals surface area contributed by atoms with Crippen LogP contribution in [0, 0.1) is 39.4 Å². The molecule has 0 aliphatic heterocycles. The van der Waals surface area contributed by atoms with E-state index in [0.29, 0.717) is 23.6 Å². The lowest BCUT2D eigenvalue weighted by molar-refractivity contribution is -0.193. The first-order chi connectivity index (χ1) is 18.1. The van der Waals surface area contributed by atoms with Gasteiger partial charge in [0.2, 0.25) is 0 Å². The third-order valence-electron chi connectivity index (χ3n) is 11.6. The van der Waals surface area contributed by atoms with Gasteiger partial charge in [0.05, 0.1) is 24.8 Å². The van der Waals surface area contributed by atoms with Crippen LogP contribution in [-0.4, -0.2) is 42.6 Å². The largest absolute Gasteiger partial charge is 0.495 e. The van der Waals surface area contributed by atoms with Crippen LogP contribution in [0.5, 0.6) is 5.75 Å². The molecule has 0 radical (unpaired) electrons. The van der Waals surface area contributed by atoms with Crippen molar-refractivity contribution in [3.63, 3.8) is 0 Å². The van der Waals surface area contributed by atoms with Crippen LogP contribution in [0.15, 0.2) is 24.3 Å². The van der Waals surface area contributed by atoms with Crippen molar-refractivity contribution < 1.29 is 19.4 Å². The van der Waals surface area contributed by atoms with Crippen LogP contribution in [0.1, 0.15) is 79.1 Å². The van der Waals surface area contributed by atoms with Crippen LogP contribution in [0.25, 0.3) is 0 Å². The molecule has 1 aromatic carbocycles. The molecule has 0 amide bonds. The molecule has 0 saturated heterocycles. The summed E-state index contributed by atoms with van der Waals surface area (Å²) in [5.41, 5.74) is 0.591. The molecule has 4 aliphatic carbocycles. The summed E-state index contributed by atoms with van der Waals surface area (Å²) in [5.74, 6) is 1.66. The third kappa shape index (κ3) is 4.06. The number of carbonyl (C=O) groups is 1. The minimum Gasteiger partial charge on any atom is -0.495 e. The second kappa shape index (κ2) is 9.96. The number of aliphatic hydroxyl groups is 1. The number of methoxy groups -OCH3 is 1. The van der Waals surface area contributed by atoms with Crippen molar-refractivity contribution >= 4 is 29.0 Å². The van der Waals surface area contributed by atoms with Gasteiger partial charge in [-0.2, -0.15) is 0 Å². The highest BCUT2D eigenvalue weighted by Crippen LogP contribution is 2.75. The smallest absolute Gasteiger partial charge is 0.312 e. The zero-order chi connectivity index (χ0) is 27.3. The molecule has 5 rings (SSSR count). The number of nitrogens with one attached hydrogen (secondary N) is 2. The predicted molar refractivity (Wildman–Crippen MR) is 154 cm³/mol. The summed E-state index contributed by atoms with van der Waals surface area (Å²) in [5, 5.41) is 18.6. The Morgan fingerprint density at radius 1 is 1.11 bits per heavy atom. The molecule has 0 unspecified atom stereocenters. The number of fused-ring (bicyclic) bond motifs is 3. The molecule has 1 aromatic rings. The van der Waals surface area contributed by atoms with E-state index in [0.717, 1.165) is 62.8 Å². The molecule has 7 heteroatoms. The maximum atomic E-state index is 13.3. The monoisotopic (exact) mass is 542 g/mol. The first-order valence-corrected chi connectivity index (χ1v) is 15.0. The number of aliphatic hydroxyl groups excluding tert-OH is 1. The fraction of sp³-hybridized carbons (Fsp3) is 0.742. The summed E-state index contributed by atoms with van der Waals surface area (Å²) >= 11 is 5.82. The molecule has 6 nitrogen and oxygen atoms in total. The summed E-state index contributed by atoms with van der Waals surface area (Å²) < 4.78 is 11.1. The Kier molecular flexibility index (Phi) is 7.26. The van der Waals surface area contributed by atoms with Crippen molar-refractivity contribution in [3.05, 3.63) is 24.3 Å². The van der Waals surface area contributed by atoms with Gasteiger partial charge in [0.25, 0.3) is 0 Å². The number of hydrogen-bond acceptors (Lipinski definition) is 5. The van der Waals surface area contributed by atoms with Gasteiger partial charge in [-0.3, -0.25) is 4.79 Å². The Morgan fingerprint density at radius 3 is 2.55 bits per heavy atom. The molecule has 3 N–H and O–H groups in total. The van der Waals surface area contributed by atoms with E-state index in [4.69, 9.17) is 21.7 Å². The van der Waals surface area contributed by atoms with Gasteiger partial charge in [-0.25, -0.2) is 0 Å². The number of carbonyl (C=O) groups excluding carboxylic acids is 1. The fourth-order valence-electron chi connectivity index (χ4n) is 10.2. The molecule has 38 heavy (non-hydrogen) atoms. The van der Waals surface area contributed by atoms with Gasteiger partial charge in [-0.1, -0.05) is 32.4 Å². The van der Waals surface area contributed by atoms with Gasteiger partial charge in [0, 0.05) is 18.6 Å². The van der Waals surface area contributed by atoms with Crippen molar-refractivity contribution in [3.8, 4) is 5.75 Å². The Labute approximate surface area is 233 Å². The first kappa shape index (κ1) is 27.7. The molecule has 8 atom stereocenters. The SMILES string of the molecule is CCOC(=O)[C@]1(C)CCC[C@@]2(C)[C@@H]3CC[C@@]4(C)C[C@]3(CC[C@@H]21)[C@H](CO)[C@H]4NC(=S)Nc1ccccc1OC. The van der Waals surface area contributed by atoms with E-state index < -0.39 is 5.41 Å². The second-order valence-electron chi connectivity index (χ2n) is 13.3. The highest BCUT2D eigenvalue weighted by molar-refractivity contribution is 7.80. The fourth-order valence-corrected chi connectivity index (χ4v) is 10.4. The minimum absolute atomic E-state index is 0.00930. The zero-order valence-electron chi connectivity index (χ0n) is 23.8. The highest BCUT2D eigenvalue weighted by atomic mass is 32.1. The number of para-hydroxylation sites is 2. The Morgan fingerprint density at radius 2 is 1.84 bits per heavy atom. The van der Waals surface area contributed by atoms with Gasteiger partial charge >= 0.3 is 5.97 Å². The lowest BCUT2D eigenvalue weighted by Crippen LogP contribution is -2.60. The quantitative estimate of drug-likeness (QED) is 0.303. The number of thiocarbonyl (C=S) groups is 1. The molecule has 1 spiro atoms. The van der Waals surface area contributed by atoms with Crippen molar-refractivity contribution in [2.75, 3.05) is 25.6 Å². The molecule has 210 valence electrons. The zero-order valence-corrected chi connectivity index (χ0v) is 24.6. The van der Waals surface area contributed by atoms with Crippen LogP contribution in [0.4, 0.5) is 5.69 Å². The molecule has 4 aliphatic rings.